The molecule has 11 aromatic rings. The summed E-state index contributed by atoms with van der Waals surface area (Å²) in [6.07, 6.45) is 0. The molecule has 0 bridgehead atoms. The second-order valence-electron chi connectivity index (χ2n) is 16.0. The molecular weight excluding hydrogens is 755 g/mol. The lowest BCUT2D eigenvalue weighted by atomic mass is 9.67. The Kier molecular flexibility index (Phi) is 8.33. The van der Waals surface area contributed by atoms with Gasteiger partial charge in [-0.25, -0.2) is 0 Å². The van der Waals surface area contributed by atoms with Crippen LogP contribution in [0.1, 0.15) is 22.3 Å². The Morgan fingerprint density at radius 1 is 0.311 bits per heavy atom. The van der Waals surface area contributed by atoms with Crippen LogP contribution < -0.4 is 4.90 Å². The van der Waals surface area contributed by atoms with E-state index in [-0.39, 0.29) is 0 Å². The molecule has 0 atom stereocenters. The molecule has 12 rings (SSSR count). The van der Waals surface area contributed by atoms with Gasteiger partial charge in [-0.3, -0.25) is 0 Å². The number of nitrogens with zero attached hydrogens (tertiary/aromatic N) is 1. The lowest BCUT2D eigenvalue weighted by molar-refractivity contribution is 0.769. The lowest BCUT2D eigenvalue weighted by Crippen LogP contribution is -2.28. The topological polar surface area (TPSA) is 3.24 Å². The first-order valence-electron chi connectivity index (χ1n) is 21.0. The fourth-order valence-corrected chi connectivity index (χ4v) is 11.4. The summed E-state index contributed by atoms with van der Waals surface area (Å²) in [6, 6.07) is 87.0. The second kappa shape index (κ2) is 14.3. The molecule has 61 heavy (non-hydrogen) atoms. The highest BCUT2D eigenvalue weighted by molar-refractivity contribution is 7.27. The normalized spacial score (nSPS) is 12.7. The average Bonchev–Trinajstić information content (AvgIpc) is 3.87. The van der Waals surface area contributed by atoms with Crippen LogP contribution in [0.15, 0.2) is 237 Å². The lowest BCUT2D eigenvalue weighted by Gasteiger charge is -2.34. The van der Waals surface area contributed by atoms with E-state index < -0.39 is 5.41 Å². The molecule has 1 nitrogen and oxygen atoms in total. The zero-order chi connectivity index (χ0) is 40.3. The molecule has 0 unspecified atom stereocenters. The van der Waals surface area contributed by atoms with Crippen molar-refractivity contribution in [3.05, 3.63) is 259 Å². The van der Waals surface area contributed by atoms with E-state index in [0.29, 0.717) is 0 Å². The van der Waals surface area contributed by atoms with Gasteiger partial charge in [0.15, 0.2) is 0 Å². The van der Waals surface area contributed by atoms with Gasteiger partial charge in [0.1, 0.15) is 0 Å². The van der Waals surface area contributed by atoms with Crippen molar-refractivity contribution < 1.29 is 0 Å². The van der Waals surface area contributed by atoms with Crippen molar-refractivity contribution in [2.45, 2.75) is 5.41 Å². The first kappa shape index (κ1) is 35.4. The predicted molar refractivity (Wildman–Crippen MR) is 260 cm³/mol. The fraction of sp³-hybridized carbons (Fsp3) is 0.0169. The van der Waals surface area contributed by atoms with Crippen LogP contribution in [0.5, 0.6) is 0 Å². The van der Waals surface area contributed by atoms with E-state index in [1.165, 1.54) is 86.6 Å². The van der Waals surface area contributed by atoms with Crippen LogP contribution >= 0.6 is 11.3 Å². The van der Waals surface area contributed by atoms with Gasteiger partial charge in [0.2, 0.25) is 0 Å². The van der Waals surface area contributed by atoms with E-state index >= 15 is 0 Å². The minimum atomic E-state index is -0.433. The first-order valence-corrected chi connectivity index (χ1v) is 21.8. The molecule has 0 radical (unpaired) electrons. The zero-order valence-corrected chi connectivity index (χ0v) is 34.2. The van der Waals surface area contributed by atoms with Crippen molar-refractivity contribution in [3.8, 4) is 33.4 Å². The van der Waals surface area contributed by atoms with Crippen molar-refractivity contribution in [1.29, 1.82) is 0 Å². The van der Waals surface area contributed by atoms with Gasteiger partial charge in [-0.15, -0.1) is 11.3 Å². The van der Waals surface area contributed by atoms with Gasteiger partial charge >= 0.3 is 0 Å². The monoisotopic (exact) mass is 793 g/mol. The Labute approximate surface area is 360 Å². The third-order valence-corrected chi connectivity index (χ3v) is 14.0. The molecule has 0 amide bonds. The maximum Gasteiger partial charge on any atom is 0.0713 e. The summed E-state index contributed by atoms with van der Waals surface area (Å²) in [5, 5.41) is 5.25. The SMILES string of the molecule is c1ccc(N(c2ccc(-c3ccc4c(c3)C(c3ccccc3)(c3ccccc3)c3ccccc3-4)cc2)c2ccc(-c3cccc4c3sc3c5ccccc5ccc43)cc2)cc1. The van der Waals surface area contributed by atoms with E-state index in [0.717, 1.165) is 17.1 Å². The quantitative estimate of drug-likeness (QED) is 0.155. The largest absolute Gasteiger partial charge is 0.311 e. The highest BCUT2D eigenvalue weighted by atomic mass is 32.1. The molecule has 2 heteroatoms. The van der Waals surface area contributed by atoms with Gasteiger partial charge in [0.25, 0.3) is 0 Å². The maximum absolute atomic E-state index is 2.44. The van der Waals surface area contributed by atoms with E-state index in [9.17, 15) is 0 Å². The molecule has 0 saturated heterocycles. The summed E-state index contributed by atoms with van der Waals surface area (Å²) in [7, 11) is 0. The summed E-state index contributed by atoms with van der Waals surface area (Å²) >= 11 is 1.91. The van der Waals surface area contributed by atoms with Gasteiger partial charge in [-0.05, 0) is 109 Å². The number of rotatable bonds is 7. The van der Waals surface area contributed by atoms with Crippen molar-refractivity contribution in [2.24, 2.45) is 0 Å². The number of hydrogen-bond acceptors (Lipinski definition) is 2. The van der Waals surface area contributed by atoms with Gasteiger partial charge in [0.05, 0.1) is 5.41 Å². The van der Waals surface area contributed by atoms with Crippen LogP contribution in [0, 0.1) is 0 Å². The summed E-state index contributed by atoms with van der Waals surface area (Å²) in [6.45, 7) is 0. The highest BCUT2D eigenvalue weighted by Gasteiger charge is 2.46. The number of thiophene rings is 1. The Hall–Kier alpha value is -7.52. The van der Waals surface area contributed by atoms with Crippen molar-refractivity contribution in [3.63, 3.8) is 0 Å². The standard InChI is InChI=1S/C59H39NS/c1-4-16-44(17-5-1)59(45-18-6-2-7-19-45)55-26-13-12-23-51(55)52-37-32-43(39-56(52)59)40-27-33-47(34-28-40)60(46-20-8-3-9-21-46)48-35-29-42(30-36-48)50-24-14-25-53-54-38-31-41-15-10-11-22-49(41)58(54)61-57(50)53/h1-39H. The van der Waals surface area contributed by atoms with Crippen molar-refractivity contribution in [1.82, 2.24) is 0 Å². The third kappa shape index (κ3) is 5.60. The van der Waals surface area contributed by atoms with Gasteiger partial charge in [-0.1, -0.05) is 194 Å². The maximum atomic E-state index is 2.44. The average molecular weight is 794 g/mol. The number of benzene rings is 10. The number of fused-ring (bicyclic) bond motifs is 8. The van der Waals surface area contributed by atoms with Crippen LogP contribution in [-0.2, 0) is 5.41 Å². The van der Waals surface area contributed by atoms with Crippen LogP contribution in [0.25, 0.3) is 64.3 Å². The van der Waals surface area contributed by atoms with Gasteiger partial charge < -0.3 is 4.90 Å². The Balaban J connectivity index is 0.931. The molecule has 10 aromatic carbocycles. The van der Waals surface area contributed by atoms with Crippen LogP contribution in [0.4, 0.5) is 17.1 Å². The van der Waals surface area contributed by atoms with E-state index in [1.54, 1.807) is 0 Å². The van der Waals surface area contributed by atoms with E-state index in [1.807, 2.05) is 11.3 Å². The molecule has 1 heterocycles. The molecule has 0 aliphatic heterocycles. The van der Waals surface area contributed by atoms with E-state index in [4.69, 9.17) is 0 Å². The summed E-state index contributed by atoms with van der Waals surface area (Å²) < 4.78 is 2.69. The van der Waals surface area contributed by atoms with Crippen LogP contribution in [0.2, 0.25) is 0 Å². The first-order chi connectivity index (χ1) is 30.3. The van der Waals surface area contributed by atoms with Gasteiger partial charge in [0, 0.05) is 37.2 Å². The molecule has 0 N–H and O–H groups in total. The Morgan fingerprint density at radius 3 is 1.56 bits per heavy atom. The molecule has 1 aliphatic rings. The summed E-state index contributed by atoms with van der Waals surface area (Å²) in [4.78, 5) is 2.36. The van der Waals surface area contributed by atoms with Crippen LogP contribution in [0.3, 0.4) is 0 Å². The predicted octanol–water partition coefficient (Wildman–Crippen LogP) is 16.4. The molecule has 0 saturated carbocycles. The Morgan fingerprint density at radius 2 is 0.836 bits per heavy atom. The number of para-hydroxylation sites is 1. The third-order valence-electron chi connectivity index (χ3n) is 12.8. The van der Waals surface area contributed by atoms with Gasteiger partial charge in [-0.2, -0.15) is 0 Å². The smallest absolute Gasteiger partial charge is 0.0713 e. The molecule has 0 spiro atoms. The Bertz CT molecular complexity index is 3350. The highest BCUT2D eigenvalue weighted by Crippen LogP contribution is 2.56. The van der Waals surface area contributed by atoms with Crippen LogP contribution in [-0.4, -0.2) is 0 Å². The van der Waals surface area contributed by atoms with Crippen molar-refractivity contribution >= 4 is 59.3 Å². The second-order valence-corrected chi connectivity index (χ2v) is 17.0. The molecular formula is C59H39NS. The van der Waals surface area contributed by atoms with E-state index in [2.05, 4.69) is 241 Å². The summed E-state index contributed by atoms with van der Waals surface area (Å²) in [5.41, 5.74) is 15.6. The molecule has 0 fully saturated rings. The molecule has 286 valence electrons. The molecule has 1 aliphatic carbocycles. The minimum absolute atomic E-state index is 0.433. The number of anilines is 3. The number of hydrogen-bond donors (Lipinski definition) is 0. The summed E-state index contributed by atoms with van der Waals surface area (Å²) in [5.74, 6) is 0. The zero-order valence-electron chi connectivity index (χ0n) is 33.4. The minimum Gasteiger partial charge on any atom is -0.311 e. The van der Waals surface area contributed by atoms with Crippen molar-refractivity contribution in [2.75, 3.05) is 4.90 Å². The molecule has 1 aromatic heterocycles. The fourth-order valence-electron chi connectivity index (χ4n) is 9.99.